The molecule has 2 nitrogen and oxygen atoms in total. The fourth-order valence-electron chi connectivity index (χ4n) is 1.00. The van der Waals surface area contributed by atoms with Crippen molar-refractivity contribution in [1.82, 2.24) is 0 Å². The average molecular weight is 234 g/mol. The summed E-state index contributed by atoms with van der Waals surface area (Å²) in [6.45, 7) is 3.78. The van der Waals surface area contributed by atoms with E-state index in [-0.39, 0.29) is 6.61 Å². The van der Waals surface area contributed by atoms with Crippen LogP contribution >= 0.6 is 23.2 Å². The van der Waals surface area contributed by atoms with Crippen LogP contribution in [0.5, 0.6) is 0 Å². The van der Waals surface area contributed by atoms with Crippen LogP contribution in [-0.4, -0.2) is 17.3 Å². The molecule has 0 aliphatic carbocycles. The number of hydrogen-bond acceptors (Lipinski definition) is 2. The molecule has 0 unspecified atom stereocenters. The summed E-state index contributed by atoms with van der Waals surface area (Å²) in [6.07, 6.45) is 0. The van der Waals surface area contributed by atoms with Crippen molar-refractivity contribution in [2.45, 2.75) is 19.4 Å². The molecule has 0 atom stereocenters. The number of aliphatic hydroxyl groups is 1. The Morgan fingerprint density at radius 2 is 2.00 bits per heavy atom. The first kappa shape index (κ1) is 11.6. The molecular formula is C10H13Cl2NO. The molecule has 0 radical (unpaired) electrons. The fourth-order valence-corrected chi connectivity index (χ4v) is 1.35. The molecule has 14 heavy (non-hydrogen) atoms. The highest BCUT2D eigenvalue weighted by Gasteiger charge is 2.17. The van der Waals surface area contributed by atoms with E-state index in [1.165, 1.54) is 0 Å². The summed E-state index contributed by atoms with van der Waals surface area (Å²) in [5.74, 6) is 0. The second-order valence-corrected chi connectivity index (χ2v) is 4.55. The summed E-state index contributed by atoms with van der Waals surface area (Å²) in [7, 11) is 0. The Hall–Kier alpha value is -0.440. The average Bonchev–Trinajstić information content (AvgIpc) is 2.13. The lowest BCUT2D eigenvalue weighted by Crippen LogP contribution is -2.34. The summed E-state index contributed by atoms with van der Waals surface area (Å²) in [4.78, 5) is 0. The molecule has 1 rings (SSSR count). The molecule has 0 saturated carbocycles. The van der Waals surface area contributed by atoms with Gasteiger partial charge in [0.2, 0.25) is 0 Å². The van der Waals surface area contributed by atoms with Crippen LogP contribution in [0.4, 0.5) is 5.69 Å². The number of nitrogens with one attached hydrogen (secondary N) is 1. The molecule has 0 saturated heterocycles. The topological polar surface area (TPSA) is 32.3 Å². The van der Waals surface area contributed by atoms with Gasteiger partial charge in [0.25, 0.3) is 0 Å². The van der Waals surface area contributed by atoms with E-state index in [1.807, 2.05) is 26.0 Å². The standard InChI is InChI=1S/C10H13Cl2NO/c1-10(2,6-14)13-8-5-3-4-7(11)9(8)12/h3-5,13-14H,6H2,1-2H3. The molecule has 0 amide bonds. The smallest absolute Gasteiger partial charge is 0.0823 e. The zero-order valence-electron chi connectivity index (χ0n) is 8.14. The zero-order valence-corrected chi connectivity index (χ0v) is 9.65. The van der Waals surface area contributed by atoms with E-state index in [9.17, 15) is 0 Å². The maximum Gasteiger partial charge on any atom is 0.0823 e. The van der Waals surface area contributed by atoms with Crippen molar-refractivity contribution in [2.75, 3.05) is 11.9 Å². The number of anilines is 1. The maximum atomic E-state index is 9.08. The molecule has 78 valence electrons. The molecule has 0 spiro atoms. The van der Waals surface area contributed by atoms with E-state index in [0.717, 1.165) is 5.69 Å². The van der Waals surface area contributed by atoms with Gasteiger partial charge in [-0.2, -0.15) is 0 Å². The van der Waals surface area contributed by atoms with Gasteiger partial charge in [-0.25, -0.2) is 0 Å². The first-order valence-corrected chi connectivity index (χ1v) is 5.05. The number of rotatable bonds is 3. The highest BCUT2D eigenvalue weighted by atomic mass is 35.5. The van der Waals surface area contributed by atoms with Crippen LogP contribution in [0.3, 0.4) is 0 Å². The molecule has 0 aliphatic rings. The Balaban J connectivity index is 2.92. The first-order chi connectivity index (χ1) is 6.46. The van der Waals surface area contributed by atoms with Crippen molar-refractivity contribution in [3.63, 3.8) is 0 Å². The SMILES string of the molecule is CC(C)(CO)Nc1cccc(Cl)c1Cl. The van der Waals surface area contributed by atoms with Gasteiger partial charge in [0.15, 0.2) is 0 Å². The monoisotopic (exact) mass is 233 g/mol. The quantitative estimate of drug-likeness (QED) is 0.841. The Morgan fingerprint density at radius 3 is 2.57 bits per heavy atom. The van der Waals surface area contributed by atoms with Gasteiger partial charge in [0, 0.05) is 0 Å². The maximum absolute atomic E-state index is 9.08. The summed E-state index contributed by atoms with van der Waals surface area (Å²) in [5.41, 5.74) is 0.326. The molecule has 0 heterocycles. The number of halogens is 2. The first-order valence-electron chi connectivity index (χ1n) is 4.29. The second-order valence-electron chi connectivity index (χ2n) is 3.77. The van der Waals surface area contributed by atoms with Gasteiger partial charge in [0.1, 0.15) is 0 Å². The van der Waals surface area contributed by atoms with Crippen LogP contribution in [0, 0.1) is 0 Å². The van der Waals surface area contributed by atoms with E-state index >= 15 is 0 Å². The Kier molecular flexibility index (Phi) is 3.65. The molecule has 2 N–H and O–H groups in total. The summed E-state index contributed by atoms with van der Waals surface area (Å²) >= 11 is 11.8. The van der Waals surface area contributed by atoms with Crippen LogP contribution in [0.25, 0.3) is 0 Å². The molecule has 0 aliphatic heterocycles. The molecular weight excluding hydrogens is 221 g/mol. The van der Waals surface area contributed by atoms with Gasteiger partial charge < -0.3 is 10.4 Å². The van der Waals surface area contributed by atoms with Gasteiger partial charge in [0.05, 0.1) is 27.9 Å². The normalized spacial score (nSPS) is 11.5. The van der Waals surface area contributed by atoms with E-state index < -0.39 is 5.54 Å². The number of hydrogen-bond donors (Lipinski definition) is 2. The van der Waals surface area contributed by atoms with Gasteiger partial charge >= 0.3 is 0 Å². The van der Waals surface area contributed by atoms with Crippen molar-refractivity contribution < 1.29 is 5.11 Å². The van der Waals surface area contributed by atoms with Crippen molar-refractivity contribution in [2.24, 2.45) is 0 Å². The third-order valence-corrected chi connectivity index (χ3v) is 2.64. The van der Waals surface area contributed by atoms with Gasteiger partial charge in [-0.15, -0.1) is 0 Å². The van der Waals surface area contributed by atoms with Crippen LogP contribution in [0.2, 0.25) is 10.0 Å². The van der Waals surface area contributed by atoms with Crippen molar-refractivity contribution in [3.05, 3.63) is 28.2 Å². The van der Waals surface area contributed by atoms with Crippen molar-refractivity contribution in [1.29, 1.82) is 0 Å². The fraction of sp³-hybridized carbons (Fsp3) is 0.400. The number of aliphatic hydroxyl groups excluding tert-OH is 1. The molecule has 0 aromatic heterocycles. The third-order valence-electron chi connectivity index (χ3n) is 1.82. The zero-order chi connectivity index (χ0) is 10.8. The lowest BCUT2D eigenvalue weighted by Gasteiger charge is -2.25. The van der Waals surface area contributed by atoms with Crippen LogP contribution < -0.4 is 5.32 Å². The van der Waals surface area contributed by atoms with E-state index in [1.54, 1.807) is 6.07 Å². The minimum absolute atomic E-state index is 0.0237. The molecule has 0 fully saturated rings. The van der Waals surface area contributed by atoms with E-state index in [0.29, 0.717) is 10.0 Å². The molecule has 0 bridgehead atoms. The van der Waals surface area contributed by atoms with Crippen LogP contribution in [0.1, 0.15) is 13.8 Å². The van der Waals surface area contributed by atoms with Crippen molar-refractivity contribution >= 4 is 28.9 Å². The van der Waals surface area contributed by atoms with E-state index in [2.05, 4.69) is 5.32 Å². The predicted octanol–water partition coefficient (Wildman–Crippen LogP) is 3.18. The summed E-state index contributed by atoms with van der Waals surface area (Å²) in [6, 6.07) is 5.36. The molecule has 1 aromatic carbocycles. The van der Waals surface area contributed by atoms with Gasteiger partial charge in [-0.05, 0) is 26.0 Å². The Bertz CT molecular complexity index is 326. The minimum Gasteiger partial charge on any atom is -0.394 e. The largest absolute Gasteiger partial charge is 0.394 e. The highest BCUT2D eigenvalue weighted by Crippen LogP contribution is 2.31. The van der Waals surface area contributed by atoms with Gasteiger partial charge in [-0.3, -0.25) is 0 Å². The van der Waals surface area contributed by atoms with E-state index in [4.69, 9.17) is 28.3 Å². The molecule has 1 aromatic rings. The lowest BCUT2D eigenvalue weighted by molar-refractivity contribution is 0.234. The third kappa shape index (κ3) is 2.77. The Morgan fingerprint density at radius 1 is 1.36 bits per heavy atom. The number of benzene rings is 1. The predicted molar refractivity (Wildman–Crippen MR) is 61.2 cm³/mol. The minimum atomic E-state index is -0.408. The lowest BCUT2D eigenvalue weighted by atomic mass is 10.1. The summed E-state index contributed by atoms with van der Waals surface area (Å²) in [5, 5.41) is 13.2. The molecule has 4 heteroatoms. The van der Waals surface area contributed by atoms with Gasteiger partial charge in [-0.1, -0.05) is 29.3 Å². The van der Waals surface area contributed by atoms with Crippen LogP contribution in [-0.2, 0) is 0 Å². The van der Waals surface area contributed by atoms with Crippen molar-refractivity contribution in [3.8, 4) is 0 Å². The summed E-state index contributed by atoms with van der Waals surface area (Å²) < 4.78 is 0. The second kappa shape index (κ2) is 4.39. The Labute approximate surface area is 93.8 Å². The van der Waals surface area contributed by atoms with Crippen LogP contribution in [0.15, 0.2) is 18.2 Å². The highest BCUT2D eigenvalue weighted by molar-refractivity contribution is 6.43.